The van der Waals surface area contributed by atoms with Crippen LogP contribution in [0, 0.1) is 0 Å². The second kappa shape index (κ2) is 5.79. The highest BCUT2D eigenvalue weighted by atomic mass is 16.7. The zero-order chi connectivity index (χ0) is 14.8. The number of nitrogens with zero attached hydrogens (tertiary/aromatic N) is 1. The first kappa shape index (κ1) is 13.3. The van der Waals surface area contributed by atoms with Crippen LogP contribution in [0.3, 0.4) is 0 Å². The monoisotopic (exact) mass is 296 g/mol. The van der Waals surface area contributed by atoms with Gasteiger partial charge in [0.1, 0.15) is 0 Å². The molecule has 114 valence electrons. The Labute approximate surface area is 130 Å². The van der Waals surface area contributed by atoms with E-state index in [4.69, 9.17) is 9.47 Å². The highest BCUT2D eigenvalue weighted by Crippen LogP contribution is 2.32. The van der Waals surface area contributed by atoms with E-state index >= 15 is 0 Å². The SMILES string of the molecule is c1cc2c(cc1CNc1ccc(N3CCCC3)cc1)OCO2. The number of nitrogens with one attached hydrogen (secondary N) is 1. The summed E-state index contributed by atoms with van der Waals surface area (Å²) in [5.74, 6) is 1.67. The third-order valence-electron chi connectivity index (χ3n) is 4.27. The molecule has 0 saturated carbocycles. The third-order valence-corrected chi connectivity index (χ3v) is 4.27. The number of ether oxygens (including phenoxy) is 2. The van der Waals surface area contributed by atoms with Crippen molar-refractivity contribution in [2.75, 3.05) is 30.1 Å². The van der Waals surface area contributed by atoms with E-state index in [9.17, 15) is 0 Å². The highest BCUT2D eigenvalue weighted by Gasteiger charge is 2.13. The summed E-state index contributed by atoms with van der Waals surface area (Å²) in [5, 5.41) is 3.46. The maximum Gasteiger partial charge on any atom is 0.231 e. The van der Waals surface area contributed by atoms with Crippen molar-refractivity contribution < 1.29 is 9.47 Å². The molecule has 0 atom stereocenters. The number of hydrogen-bond acceptors (Lipinski definition) is 4. The van der Waals surface area contributed by atoms with Gasteiger partial charge in [-0.25, -0.2) is 0 Å². The van der Waals surface area contributed by atoms with Crippen LogP contribution in [0.4, 0.5) is 11.4 Å². The zero-order valence-corrected chi connectivity index (χ0v) is 12.5. The van der Waals surface area contributed by atoms with Crippen molar-refractivity contribution in [2.45, 2.75) is 19.4 Å². The van der Waals surface area contributed by atoms with Gasteiger partial charge in [-0.3, -0.25) is 0 Å². The fourth-order valence-electron chi connectivity index (χ4n) is 3.02. The molecule has 4 heteroatoms. The van der Waals surface area contributed by atoms with Gasteiger partial charge in [-0.2, -0.15) is 0 Å². The molecule has 0 bridgehead atoms. The molecular formula is C18H20N2O2. The summed E-state index contributed by atoms with van der Waals surface area (Å²) in [4.78, 5) is 2.45. The molecule has 1 saturated heterocycles. The second-order valence-corrected chi connectivity index (χ2v) is 5.78. The molecule has 1 fully saturated rings. The molecule has 1 N–H and O–H groups in total. The lowest BCUT2D eigenvalue weighted by atomic mass is 10.2. The minimum absolute atomic E-state index is 0.324. The third kappa shape index (κ3) is 2.69. The van der Waals surface area contributed by atoms with E-state index < -0.39 is 0 Å². The van der Waals surface area contributed by atoms with Gasteiger partial charge in [0.05, 0.1) is 0 Å². The molecule has 2 aromatic rings. The number of rotatable bonds is 4. The lowest BCUT2D eigenvalue weighted by Crippen LogP contribution is -2.17. The zero-order valence-electron chi connectivity index (χ0n) is 12.5. The van der Waals surface area contributed by atoms with Crippen molar-refractivity contribution in [1.82, 2.24) is 0 Å². The van der Waals surface area contributed by atoms with E-state index in [-0.39, 0.29) is 0 Å². The predicted molar refractivity (Wildman–Crippen MR) is 87.8 cm³/mol. The first-order valence-electron chi connectivity index (χ1n) is 7.86. The molecule has 2 aromatic carbocycles. The molecule has 2 aliphatic heterocycles. The molecule has 0 unspecified atom stereocenters. The average molecular weight is 296 g/mol. The first-order valence-corrected chi connectivity index (χ1v) is 7.86. The van der Waals surface area contributed by atoms with E-state index in [1.54, 1.807) is 0 Å². The van der Waals surface area contributed by atoms with Crippen molar-refractivity contribution in [3.63, 3.8) is 0 Å². The molecule has 0 aliphatic carbocycles. The van der Waals surface area contributed by atoms with Crippen molar-refractivity contribution >= 4 is 11.4 Å². The van der Waals surface area contributed by atoms with Crippen LogP contribution in [-0.4, -0.2) is 19.9 Å². The van der Waals surface area contributed by atoms with Gasteiger partial charge in [0, 0.05) is 31.0 Å². The number of fused-ring (bicyclic) bond motifs is 1. The smallest absolute Gasteiger partial charge is 0.231 e. The predicted octanol–water partition coefficient (Wildman–Crippen LogP) is 3.63. The maximum atomic E-state index is 5.41. The fourth-order valence-corrected chi connectivity index (χ4v) is 3.02. The van der Waals surface area contributed by atoms with Crippen molar-refractivity contribution in [3.8, 4) is 11.5 Å². The largest absolute Gasteiger partial charge is 0.454 e. The number of benzene rings is 2. The fraction of sp³-hybridized carbons (Fsp3) is 0.333. The molecule has 22 heavy (non-hydrogen) atoms. The Morgan fingerprint density at radius 1 is 0.909 bits per heavy atom. The summed E-state index contributed by atoms with van der Waals surface area (Å²) in [6.45, 7) is 3.47. The summed E-state index contributed by atoms with van der Waals surface area (Å²) >= 11 is 0. The minimum atomic E-state index is 0.324. The second-order valence-electron chi connectivity index (χ2n) is 5.78. The summed E-state index contributed by atoms with van der Waals surface area (Å²) in [5.41, 5.74) is 3.65. The molecule has 4 nitrogen and oxygen atoms in total. The van der Waals surface area contributed by atoms with Crippen LogP contribution in [0.5, 0.6) is 11.5 Å². The van der Waals surface area contributed by atoms with Crippen LogP contribution in [0.25, 0.3) is 0 Å². The van der Waals surface area contributed by atoms with Gasteiger partial charge in [0.25, 0.3) is 0 Å². The van der Waals surface area contributed by atoms with Crippen LogP contribution >= 0.6 is 0 Å². The Hall–Kier alpha value is -2.36. The van der Waals surface area contributed by atoms with E-state index in [1.165, 1.54) is 37.2 Å². The molecule has 4 rings (SSSR count). The quantitative estimate of drug-likeness (QED) is 0.934. The topological polar surface area (TPSA) is 33.7 Å². The average Bonchev–Trinajstić information content (AvgIpc) is 3.24. The molecule has 0 amide bonds. The van der Waals surface area contributed by atoms with E-state index in [1.807, 2.05) is 12.1 Å². The van der Waals surface area contributed by atoms with Crippen LogP contribution in [-0.2, 0) is 6.54 Å². The van der Waals surface area contributed by atoms with Crippen LogP contribution in [0.2, 0.25) is 0 Å². The van der Waals surface area contributed by atoms with Gasteiger partial charge in [0.2, 0.25) is 6.79 Å². The van der Waals surface area contributed by atoms with Crippen LogP contribution in [0.15, 0.2) is 42.5 Å². The summed E-state index contributed by atoms with van der Waals surface area (Å²) in [6.07, 6.45) is 2.62. The molecule has 2 heterocycles. The summed E-state index contributed by atoms with van der Waals surface area (Å²) < 4.78 is 10.7. The molecule has 0 radical (unpaired) electrons. The molecule has 0 spiro atoms. The van der Waals surface area contributed by atoms with Gasteiger partial charge in [-0.1, -0.05) is 6.07 Å². The molecule has 2 aliphatic rings. The summed E-state index contributed by atoms with van der Waals surface area (Å²) in [7, 11) is 0. The molecular weight excluding hydrogens is 276 g/mol. The van der Waals surface area contributed by atoms with Crippen molar-refractivity contribution in [2.24, 2.45) is 0 Å². The standard InChI is InChI=1S/C18H20N2O2/c1-2-10-20(9-1)16-6-4-15(5-7-16)19-12-14-3-8-17-18(11-14)22-13-21-17/h3-8,11,19H,1-2,9-10,12-13H2. The van der Waals surface area contributed by atoms with E-state index in [2.05, 4.69) is 40.5 Å². The Bertz CT molecular complexity index is 649. The van der Waals surface area contributed by atoms with Gasteiger partial charge in [0.15, 0.2) is 11.5 Å². The number of anilines is 2. The Morgan fingerprint density at radius 3 is 2.50 bits per heavy atom. The van der Waals surface area contributed by atoms with Gasteiger partial charge in [-0.15, -0.1) is 0 Å². The van der Waals surface area contributed by atoms with E-state index in [0.717, 1.165) is 23.7 Å². The molecule has 0 aromatic heterocycles. The van der Waals surface area contributed by atoms with Gasteiger partial charge < -0.3 is 19.7 Å². The maximum absolute atomic E-state index is 5.41. The highest BCUT2D eigenvalue weighted by molar-refractivity contribution is 5.56. The summed E-state index contributed by atoms with van der Waals surface area (Å²) in [6, 6.07) is 14.8. The Balaban J connectivity index is 1.39. The number of hydrogen-bond donors (Lipinski definition) is 1. The Morgan fingerprint density at radius 2 is 1.68 bits per heavy atom. The minimum Gasteiger partial charge on any atom is -0.454 e. The van der Waals surface area contributed by atoms with Gasteiger partial charge in [-0.05, 0) is 54.8 Å². The van der Waals surface area contributed by atoms with E-state index in [0.29, 0.717) is 6.79 Å². The van der Waals surface area contributed by atoms with Crippen LogP contribution in [0.1, 0.15) is 18.4 Å². The van der Waals surface area contributed by atoms with Crippen molar-refractivity contribution in [1.29, 1.82) is 0 Å². The first-order chi connectivity index (χ1) is 10.9. The van der Waals surface area contributed by atoms with Gasteiger partial charge >= 0.3 is 0 Å². The van der Waals surface area contributed by atoms with Crippen molar-refractivity contribution in [3.05, 3.63) is 48.0 Å². The lowest BCUT2D eigenvalue weighted by molar-refractivity contribution is 0.174. The lowest BCUT2D eigenvalue weighted by Gasteiger charge is -2.18. The normalized spacial score (nSPS) is 16.1. The Kier molecular flexibility index (Phi) is 3.51. The van der Waals surface area contributed by atoms with Crippen LogP contribution < -0.4 is 19.7 Å².